The first-order valence-electron chi connectivity index (χ1n) is 5.63. The van der Waals surface area contributed by atoms with Gasteiger partial charge in [-0.25, -0.2) is 0 Å². The van der Waals surface area contributed by atoms with E-state index in [1.165, 1.54) is 18.5 Å². The van der Waals surface area contributed by atoms with E-state index in [0.717, 1.165) is 9.47 Å². The minimum absolute atomic E-state index is 0.195. The number of rotatable bonds is 2. The lowest BCUT2D eigenvalue weighted by Crippen LogP contribution is -2.14. The Kier molecular flexibility index (Phi) is 2.53. The molecule has 19 heavy (non-hydrogen) atoms. The van der Waals surface area contributed by atoms with Crippen molar-refractivity contribution in [3.8, 4) is 0 Å². The van der Waals surface area contributed by atoms with Crippen LogP contribution in [-0.2, 0) is 10.0 Å². The Labute approximate surface area is 110 Å². The first-order chi connectivity index (χ1) is 9.10. The van der Waals surface area contributed by atoms with Crippen molar-refractivity contribution in [3.05, 3.63) is 54.9 Å². The summed E-state index contributed by atoms with van der Waals surface area (Å²) in [5.74, 6) is 0. The molecule has 0 saturated carbocycles. The van der Waals surface area contributed by atoms with Crippen LogP contribution in [0.25, 0.3) is 10.8 Å². The molecule has 0 unspecified atom stereocenters. The molecule has 5 nitrogen and oxygen atoms in total. The summed E-state index contributed by atoms with van der Waals surface area (Å²) in [6.07, 6.45) is 2.83. The van der Waals surface area contributed by atoms with E-state index >= 15 is 0 Å². The summed E-state index contributed by atoms with van der Waals surface area (Å²) in [6, 6.07) is 11.8. The number of aromatic nitrogens is 2. The van der Waals surface area contributed by atoms with Gasteiger partial charge in [-0.2, -0.15) is 17.6 Å². The Balaban J connectivity index is 2.36. The Morgan fingerprint density at radius 3 is 2.42 bits per heavy atom. The molecule has 1 heterocycles. The second-order valence-corrected chi connectivity index (χ2v) is 5.85. The Morgan fingerprint density at radius 2 is 1.74 bits per heavy atom. The van der Waals surface area contributed by atoms with Crippen molar-refractivity contribution in [1.82, 2.24) is 9.19 Å². The van der Waals surface area contributed by atoms with Gasteiger partial charge in [-0.05, 0) is 18.2 Å². The van der Waals surface area contributed by atoms with E-state index in [4.69, 9.17) is 5.73 Å². The molecule has 0 fully saturated rings. The maximum Gasteiger partial charge on any atom is 0.283 e. The van der Waals surface area contributed by atoms with Crippen LogP contribution >= 0.6 is 0 Å². The molecule has 3 aromatic rings. The van der Waals surface area contributed by atoms with E-state index in [-0.39, 0.29) is 4.90 Å². The molecule has 0 aliphatic carbocycles. The summed E-state index contributed by atoms with van der Waals surface area (Å²) >= 11 is 0. The van der Waals surface area contributed by atoms with Crippen molar-refractivity contribution in [1.29, 1.82) is 0 Å². The molecule has 2 N–H and O–H groups in total. The van der Waals surface area contributed by atoms with E-state index in [0.29, 0.717) is 11.1 Å². The molecular weight excluding hydrogens is 262 g/mol. The van der Waals surface area contributed by atoms with Crippen LogP contribution in [0.15, 0.2) is 59.8 Å². The van der Waals surface area contributed by atoms with Gasteiger partial charge in [-0.15, -0.1) is 0 Å². The first kappa shape index (κ1) is 11.7. The second-order valence-electron chi connectivity index (χ2n) is 4.08. The van der Waals surface area contributed by atoms with Crippen LogP contribution in [0, 0.1) is 0 Å². The van der Waals surface area contributed by atoms with Crippen LogP contribution in [0.3, 0.4) is 0 Å². The molecule has 0 radical (unpaired) electrons. The molecule has 2 aromatic carbocycles. The van der Waals surface area contributed by atoms with Crippen molar-refractivity contribution in [2.45, 2.75) is 4.90 Å². The average molecular weight is 273 g/mol. The summed E-state index contributed by atoms with van der Waals surface area (Å²) in [7, 11) is -3.69. The number of nitrogens with two attached hydrogens (primary N) is 1. The van der Waals surface area contributed by atoms with Gasteiger partial charge >= 0.3 is 0 Å². The zero-order valence-corrected chi connectivity index (χ0v) is 10.7. The average Bonchev–Trinajstić information content (AvgIpc) is 2.94. The van der Waals surface area contributed by atoms with Crippen molar-refractivity contribution < 1.29 is 8.42 Å². The smallest absolute Gasteiger partial charge is 0.283 e. The Bertz CT molecular complexity index is 839. The fraction of sp³-hybridized carbons (Fsp3) is 0. The van der Waals surface area contributed by atoms with Gasteiger partial charge in [-0.1, -0.05) is 24.3 Å². The molecule has 0 bridgehead atoms. The van der Waals surface area contributed by atoms with Gasteiger partial charge < -0.3 is 5.73 Å². The number of fused-ring (bicyclic) bond motifs is 1. The second kappa shape index (κ2) is 4.10. The minimum Gasteiger partial charge on any atom is -0.398 e. The number of nitrogens with zero attached hydrogens (tertiary/aromatic N) is 2. The summed E-state index contributed by atoms with van der Waals surface area (Å²) < 4.78 is 25.9. The van der Waals surface area contributed by atoms with Crippen LogP contribution in [0.1, 0.15) is 0 Å². The quantitative estimate of drug-likeness (QED) is 0.723. The Morgan fingerprint density at radius 1 is 1.00 bits per heavy atom. The van der Waals surface area contributed by atoms with Crippen LogP contribution < -0.4 is 5.73 Å². The van der Waals surface area contributed by atoms with E-state index in [2.05, 4.69) is 5.10 Å². The van der Waals surface area contributed by atoms with E-state index in [1.807, 2.05) is 6.07 Å². The lowest BCUT2D eigenvalue weighted by Gasteiger charge is -2.09. The van der Waals surface area contributed by atoms with Gasteiger partial charge in [0.05, 0.1) is 11.1 Å². The lowest BCUT2D eigenvalue weighted by atomic mass is 10.1. The van der Waals surface area contributed by atoms with Gasteiger partial charge in [0.2, 0.25) is 0 Å². The number of benzene rings is 2. The zero-order valence-electron chi connectivity index (χ0n) is 9.89. The van der Waals surface area contributed by atoms with Crippen molar-refractivity contribution >= 4 is 26.5 Å². The Hall–Kier alpha value is -2.34. The molecule has 0 aliphatic heterocycles. The highest BCUT2D eigenvalue weighted by Crippen LogP contribution is 2.28. The number of nitrogen functional groups attached to an aromatic ring is 1. The van der Waals surface area contributed by atoms with Gasteiger partial charge in [0.15, 0.2) is 0 Å². The molecule has 6 heteroatoms. The van der Waals surface area contributed by atoms with E-state index < -0.39 is 10.0 Å². The van der Waals surface area contributed by atoms with Crippen molar-refractivity contribution in [3.63, 3.8) is 0 Å². The highest BCUT2D eigenvalue weighted by molar-refractivity contribution is 7.90. The molecule has 1 aromatic heterocycles. The summed E-state index contributed by atoms with van der Waals surface area (Å²) in [5, 5.41) is 5.10. The minimum atomic E-state index is -3.69. The third-order valence-corrected chi connectivity index (χ3v) is 4.54. The van der Waals surface area contributed by atoms with Crippen molar-refractivity contribution in [2.75, 3.05) is 5.73 Å². The topological polar surface area (TPSA) is 78.0 Å². The van der Waals surface area contributed by atoms with Gasteiger partial charge in [0, 0.05) is 22.7 Å². The SMILES string of the molecule is Nc1ccc(S(=O)(=O)n2cccn2)c2ccccc12. The van der Waals surface area contributed by atoms with Gasteiger partial charge in [0.1, 0.15) is 0 Å². The molecule has 3 rings (SSSR count). The number of hydrogen-bond acceptors (Lipinski definition) is 4. The van der Waals surface area contributed by atoms with Crippen LogP contribution in [0.2, 0.25) is 0 Å². The third-order valence-electron chi connectivity index (χ3n) is 2.92. The number of hydrogen-bond donors (Lipinski definition) is 1. The van der Waals surface area contributed by atoms with Crippen LogP contribution in [0.4, 0.5) is 5.69 Å². The normalized spacial score (nSPS) is 11.8. The molecule has 0 amide bonds. The fourth-order valence-corrected chi connectivity index (χ4v) is 3.32. The lowest BCUT2D eigenvalue weighted by molar-refractivity contribution is 0.581. The molecule has 0 saturated heterocycles. The highest BCUT2D eigenvalue weighted by Gasteiger charge is 2.20. The van der Waals surface area contributed by atoms with Gasteiger partial charge in [0.25, 0.3) is 10.0 Å². The largest absolute Gasteiger partial charge is 0.398 e. The maximum atomic E-state index is 12.5. The van der Waals surface area contributed by atoms with Gasteiger partial charge in [-0.3, -0.25) is 0 Å². The summed E-state index contributed by atoms with van der Waals surface area (Å²) in [4.78, 5) is 0.195. The van der Waals surface area contributed by atoms with Crippen molar-refractivity contribution in [2.24, 2.45) is 0 Å². The maximum absolute atomic E-state index is 12.5. The highest BCUT2D eigenvalue weighted by atomic mass is 32.2. The summed E-state index contributed by atoms with van der Waals surface area (Å²) in [5.41, 5.74) is 6.42. The third kappa shape index (κ3) is 1.77. The van der Waals surface area contributed by atoms with Crippen LogP contribution in [0.5, 0.6) is 0 Å². The fourth-order valence-electron chi connectivity index (χ4n) is 2.02. The predicted octanol–water partition coefficient (Wildman–Crippen LogP) is 1.86. The monoisotopic (exact) mass is 273 g/mol. The van der Waals surface area contributed by atoms with E-state index in [9.17, 15) is 8.42 Å². The zero-order chi connectivity index (χ0) is 13.5. The summed E-state index contributed by atoms with van der Waals surface area (Å²) in [6.45, 7) is 0. The number of anilines is 1. The molecule has 96 valence electrons. The molecule has 0 spiro atoms. The molecular formula is C13H11N3O2S. The van der Waals surface area contributed by atoms with Crippen LogP contribution in [-0.4, -0.2) is 17.6 Å². The molecule has 0 aliphatic rings. The predicted molar refractivity (Wildman–Crippen MR) is 73.2 cm³/mol. The standard InChI is InChI=1S/C13H11N3O2S/c14-12-6-7-13(11-5-2-1-4-10(11)12)19(17,18)16-9-3-8-15-16/h1-9H,14H2. The molecule has 0 atom stereocenters. The first-order valence-corrected chi connectivity index (χ1v) is 7.07. The van der Waals surface area contributed by atoms with E-state index in [1.54, 1.807) is 30.3 Å².